The van der Waals surface area contributed by atoms with E-state index in [9.17, 15) is 0 Å². The highest BCUT2D eigenvalue weighted by atomic mass is 14.9. The van der Waals surface area contributed by atoms with Crippen LogP contribution in [0.4, 0.5) is 0 Å². The van der Waals surface area contributed by atoms with Crippen LogP contribution >= 0.6 is 0 Å². The summed E-state index contributed by atoms with van der Waals surface area (Å²) in [5.41, 5.74) is 0. The zero-order valence-electron chi connectivity index (χ0n) is 11.7. The Labute approximate surface area is 108 Å². The molecule has 0 aromatic heterocycles. The number of rotatable bonds is 8. The molecule has 1 rings (SSSR count). The third-order valence-electron chi connectivity index (χ3n) is 4.16. The molecule has 1 nitrogen and oxygen atoms in total. The minimum atomic E-state index is 0.729. The molecule has 0 bridgehead atoms. The van der Waals surface area contributed by atoms with E-state index in [1.807, 2.05) is 6.08 Å². The first-order valence-corrected chi connectivity index (χ1v) is 7.69. The summed E-state index contributed by atoms with van der Waals surface area (Å²) >= 11 is 0. The van der Waals surface area contributed by atoms with E-state index < -0.39 is 0 Å². The van der Waals surface area contributed by atoms with Crippen molar-refractivity contribution in [1.29, 1.82) is 0 Å². The van der Waals surface area contributed by atoms with Gasteiger partial charge in [0.25, 0.3) is 0 Å². The Balaban J connectivity index is 2.02. The predicted molar refractivity (Wildman–Crippen MR) is 77.3 cm³/mol. The lowest BCUT2D eigenvalue weighted by Gasteiger charge is -2.23. The second-order valence-corrected chi connectivity index (χ2v) is 5.63. The van der Waals surface area contributed by atoms with E-state index in [4.69, 9.17) is 0 Å². The van der Waals surface area contributed by atoms with Gasteiger partial charge in [-0.1, -0.05) is 38.2 Å². The summed E-state index contributed by atoms with van der Waals surface area (Å²) < 4.78 is 0. The second-order valence-electron chi connectivity index (χ2n) is 5.63. The van der Waals surface area contributed by atoms with Gasteiger partial charge in [0.15, 0.2) is 0 Å². The Bertz CT molecular complexity index is 180. The first-order chi connectivity index (χ1) is 8.34. The van der Waals surface area contributed by atoms with Crippen LogP contribution in [-0.4, -0.2) is 12.6 Å². The highest BCUT2D eigenvalue weighted by Gasteiger charge is 2.17. The van der Waals surface area contributed by atoms with Gasteiger partial charge in [0, 0.05) is 6.04 Å². The van der Waals surface area contributed by atoms with Gasteiger partial charge in [-0.2, -0.15) is 0 Å². The Hall–Kier alpha value is -0.300. The van der Waals surface area contributed by atoms with Crippen LogP contribution in [0.25, 0.3) is 0 Å². The number of unbranched alkanes of at least 4 members (excludes halogenated alkanes) is 3. The first-order valence-electron chi connectivity index (χ1n) is 7.69. The minimum absolute atomic E-state index is 0.729. The predicted octanol–water partition coefficient (Wildman–Crippen LogP) is 4.68. The monoisotopic (exact) mass is 237 g/mol. The van der Waals surface area contributed by atoms with Crippen LogP contribution in [0.5, 0.6) is 0 Å². The van der Waals surface area contributed by atoms with E-state index in [0.717, 1.165) is 12.0 Å². The Morgan fingerprint density at radius 2 is 1.82 bits per heavy atom. The van der Waals surface area contributed by atoms with Crippen LogP contribution in [0.15, 0.2) is 12.7 Å². The van der Waals surface area contributed by atoms with E-state index in [1.165, 1.54) is 70.8 Å². The molecule has 0 heterocycles. The molecule has 0 aliphatic heterocycles. The van der Waals surface area contributed by atoms with Crippen molar-refractivity contribution in [3.05, 3.63) is 12.7 Å². The molecule has 1 saturated carbocycles. The number of hydrogen-bond acceptors (Lipinski definition) is 1. The second kappa shape index (κ2) is 9.70. The molecule has 1 aliphatic carbocycles. The molecule has 0 spiro atoms. The molecule has 0 saturated heterocycles. The molecule has 1 atom stereocenters. The fraction of sp³-hybridized carbons (Fsp3) is 0.875. The smallest absolute Gasteiger partial charge is 0.00669 e. The van der Waals surface area contributed by atoms with Crippen LogP contribution in [0.1, 0.15) is 71.1 Å². The highest BCUT2D eigenvalue weighted by Crippen LogP contribution is 2.25. The van der Waals surface area contributed by atoms with E-state index in [-0.39, 0.29) is 0 Å². The molecule has 0 aromatic rings. The maximum Gasteiger partial charge on any atom is 0.00669 e. The summed E-state index contributed by atoms with van der Waals surface area (Å²) in [5.74, 6) is 0.936. The zero-order chi connectivity index (χ0) is 12.3. The van der Waals surface area contributed by atoms with Crippen molar-refractivity contribution in [3.8, 4) is 0 Å². The minimum Gasteiger partial charge on any atom is -0.314 e. The molecule has 0 radical (unpaired) electrons. The largest absolute Gasteiger partial charge is 0.314 e. The van der Waals surface area contributed by atoms with E-state index in [1.54, 1.807) is 0 Å². The third kappa shape index (κ3) is 6.88. The summed E-state index contributed by atoms with van der Waals surface area (Å²) in [4.78, 5) is 0. The van der Waals surface area contributed by atoms with Crippen molar-refractivity contribution in [2.75, 3.05) is 6.54 Å². The zero-order valence-corrected chi connectivity index (χ0v) is 11.7. The van der Waals surface area contributed by atoms with Crippen LogP contribution in [0.2, 0.25) is 0 Å². The SMILES string of the molecule is C=CCCCCCN[C@@H](C)C1CCCCCC1. The fourth-order valence-electron chi connectivity index (χ4n) is 2.90. The summed E-state index contributed by atoms with van der Waals surface area (Å²) in [7, 11) is 0. The topological polar surface area (TPSA) is 12.0 Å². The van der Waals surface area contributed by atoms with Crippen molar-refractivity contribution in [2.24, 2.45) is 5.92 Å². The standard InChI is InChI=1S/C16H31N/c1-3-4-5-8-11-14-17-15(2)16-12-9-6-7-10-13-16/h3,15-17H,1,4-14H2,2H3/t15-/m0/s1. The van der Waals surface area contributed by atoms with Crippen LogP contribution in [-0.2, 0) is 0 Å². The molecular formula is C16H31N. The van der Waals surface area contributed by atoms with Crippen molar-refractivity contribution in [1.82, 2.24) is 5.32 Å². The van der Waals surface area contributed by atoms with Gasteiger partial charge in [-0.05, 0) is 51.5 Å². The molecule has 0 amide bonds. The summed E-state index contributed by atoms with van der Waals surface area (Å²) in [6.45, 7) is 7.35. The average Bonchev–Trinajstić information content (AvgIpc) is 2.62. The molecule has 1 fully saturated rings. The van der Waals surface area contributed by atoms with Crippen LogP contribution < -0.4 is 5.32 Å². The lowest BCUT2D eigenvalue weighted by molar-refractivity contribution is 0.336. The van der Waals surface area contributed by atoms with Gasteiger partial charge in [-0.25, -0.2) is 0 Å². The van der Waals surface area contributed by atoms with E-state index in [2.05, 4.69) is 18.8 Å². The van der Waals surface area contributed by atoms with E-state index in [0.29, 0.717) is 0 Å². The molecule has 100 valence electrons. The number of allylic oxidation sites excluding steroid dienone is 1. The molecule has 1 N–H and O–H groups in total. The Kier molecular flexibility index (Phi) is 8.42. The normalized spacial score (nSPS) is 19.8. The summed E-state index contributed by atoms with van der Waals surface area (Å²) in [6, 6.07) is 0.729. The number of hydrogen-bond donors (Lipinski definition) is 1. The molecule has 0 unspecified atom stereocenters. The van der Waals surface area contributed by atoms with E-state index >= 15 is 0 Å². The maximum atomic E-state index is 3.76. The van der Waals surface area contributed by atoms with Crippen molar-refractivity contribution < 1.29 is 0 Å². The van der Waals surface area contributed by atoms with Crippen molar-refractivity contribution in [3.63, 3.8) is 0 Å². The molecule has 1 heteroatoms. The maximum absolute atomic E-state index is 3.76. The Morgan fingerprint density at radius 3 is 2.47 bits per heavy atom. The Morgan fingerprint density at radius 1 is 1.12 bits per heavy atom. The van der Waals surface area contributed by atoms with Crippen LogP contribution in [0.3, 0.4) is 0 Å². The summed E-state index contributed by atoms with van der Waals surface area (Å²) in [5, 5.41) is 3.73. The van der Waals surface area contributed by atoms with Gasteiger partial charge in [-0.3, -0.25) is 0 Å². The van der Waals surface area contributed by atoms with Gasteiger partial charge in [0.1, 0.15) is 0 Å². The van der Waals surface area contributed by atoms with Gasteiger partial charge in [0.2, 0.25) is 0 Å². The lowest BCUT2D eigenvalue weighted by Crippen LogP contribution is -2.34. The first kappa shape index (κ1) is 14.8. The molecule has 0 aromatic carbocycles. The van der Waals surface area contributed by atoms with Gasteiger partial charge < -0.3 is 5.32 Å². The van der Waals surface area contributed by atoms with Crippen molar-refractivity contribution in [2.45, 2.75) is 77.2 Å². The number of nitrogens with one attached hydrogen (secondary N) is 1. The quantitative estimate of drug-likeness (QED) is 0.367. The molecule has 1 aliphatic rings. The lowest BCUT2D eigenvalue weighted by atomic mass is 9.93. The third-order valence-corrected chi connectivity index (χ3v) is 4.16. The van der Waals surface area contributed by atoms with Gasteiger partial charge >= 0.3 is 0 Å². The van der Waals surface area contributed by atoms with Crippen LogP contribution in [0, 0.1) is 5.92 Å². The highest BCUT2D eigenvalue weighted by molar-refractivity contribution is 4.75. The molecule has 17 heavy (non-hydrogen) atoms. The van der Waals surface area contributed by atoms with Gasteiger partial charge in [0.05, 0.1) is 0 Å². The summed E-state index contributed by atoms with van der Waals surface area (Å²) in [6.07, 6.45) is 15.9. The van der Waals surface area contributed by atoms with Gasteiger partial charge in [-0.15, -0.1) is 6.58 Å². The molecular weight excluding hydrogens is 206 g/mol. The fourth-order valence-corrected chi connectivity index (χ4v) is 2.90. The average molecular weight is 237 g/mol. The van der Waals surface area contributed by atoms with Crippen molar-refractivity contribution >= 4 is 0 Å².